The largest absolute Gasteiger partial charge is 0.481 e. The van der Waals surface area contributed by atoms with Crippen molar-refractivity contribution >= 4 is 28.0 Å². The molecule has 0 heterocycles. The van der Waals surface area contributed by atoms with E-state index in [-0.39, 0.29) is 12.3 Å². The molecule has 1 amide bonds. The molecule has 0 radical (unpaired) electrons. The van der Waals surface area contributed by atoms with Gasteiger partial charge in [0.15, 0.2) is 0 Å². The number of carbonyl (C=O) groups is 3. The predicted octanol–water partition coefficient (Wildman–Crippen LogP) is -1.48. The van der Waals surface area contributed by atoms with Gasteiger partial charge in [0.25, 0.3) is 10.1 Å². The Bertz CT molecular complexity index is 609. The van der Waals surface area contributed by atoms with Crippen LogP contribution < -0.4 is 11.1 Å². The minimum atomic E-state index is -3.67. The van der Waals surface area contributed by atoms with Crippen LogP contribution in [0.2, 0.25) is 0 Å². The lowest BCUT2D eigenvalue weighted by Crippen LogP contribution is -2.58. The van der Waals surface area contributed by atoms with Gasteiger partial charge in [-0.2, -0.15) is 8.42 Å². The molecule has 0 aromatic rings. The lowest BCUT2D eigenvalue weighted by atomic mass is 9.90. The number of aliphatic carboxylic acids is 2. The Labute approximate surface area is 132 Å². The topological polar surface area (TPSA) is 184 Å². The van der Waals surface area contributed by atoms with Crippen molar-refractivity contribution < 1.29 is 37.6 Å². The summed E-state index contributed by atoms with van der Waals surface area (Å²) >= 11 is 0. The summed E-state index contributed by atoms with van der Waals surface area (Å²) in [5, 5.41) is 20.8. The van der Waals surface area contributed by atoms with Crippen molar-refractivity contribution in [1.29, 1.82) is 0 Å². The number of nitrogens with two attached hydrogens (primary N) is 1. The molecule has 10 nitrogen and oxygen atoms in total. The third kappa shape index (κ3) is 4.39. The van der Waals surface area contributed by atoms with Crippen LogP contribution in [0, 0.1) is 17.8 Å². The van der Waals surface area contributed by atoms with E-state index in [0.717, 1.165) is 0 Å². The van der Waals surface area contributed by atoms with Gasteiger partial charge in [-0.05, 0) is 25.7 Å². The molecule has 2 rings (SSSR count). The third-order valence-corrected chi connectivity index (χ3v) is 4.04. The Morgan fingerprint density at radius 1 is 1.30 bits per heavy atom. The summed E-state index contributed by atoms with van der Waals surface area (Å²) in [5.74, 6) is -4.06. The summed E-state index contributed by atoms with van der Waals surface area (Å²) in [4.78, 5) is 34.0. The third-order valence-electron chi connectivity index (χ3n) is 4.04. The molecule has 0 saturated heterocycles. The number of carboxylic acids is 2. The highest BCUT2D eigenvalue weighted by molar-refractivity contribution is 7.85. The average molecular weight is 352 g/mol. The van der Waals surface area contributed by atoms with Gasteiger partial charge in [-0.15, -0.1) is 0 Å². The number of nitrogens with one attached hydrogen (secondary N) is 1. The number of fused-ring (bicyclic) bond motifs is 1. The number of hydrogen-bond donors (Lipinski definition) is 5. The maximum Gasteiger partial charge on any atom is 0.329 e. The Balaban J connectivity index is 0.000000463. The molecule has 23 heavy (non-hydrogen) atoms. The molecule has 132 valence electrons. The minimum Gasteiger partial charge on any atom is -0.481 e. The molecule has 0 aromatic heterocycles. The molecule has 11 heteroatoms. The smallest absolute Gasteiger partial charge is 0.329 e. The Kier molecular flexibility index (Phi) is 5.39. The van der Waals surface area contributed by atoms with Crippen molar-refractivity contribution in [3.8, 4) is 0 Å². The van der Waals surface area contributed by atoms with Gasteiger partial charge in [0, 0.05) is 5.92 Å². The Morgan fingerprint density at radius 3 is 2.09 bits per heavy atom. The molecule has 6 N–H and O–H groups in total. The normalized spacial score (nSPS) is 32.8. The van der Waals surface area contributed by atoms with Crippen molar-refractivity contribution in [1.82, 2.24) is 5.32 Å². The van der Waals surface area contributed by atoms with Crippen LogP contribution in [0.3, 0.4) is 0 Å². The van der Waals surface area contributed by atoms with Crippen LogP contribution in [0.4, 0.5) is 0 Å². The number of hydrogen-bond acceptors (Lipinski definition) is 6. The van der Waals surface area contributed by atoms with Crippen LogP contribution >= 0.6 is 0 Å². The van der Waals surface area contributed by atoms with E-state index in [1.165, 1.54) is 6.92 Å². The molecule has 0 aliphatic heterocycles. The fourth-order valence-corrected chi connectivity index (χ4v) is 3.09. The second-order valence-corrected chi connectivity index (χ2v) is 7.35. The summed E-state index contributed by atoms with van der Waals surface area (Å²) < 4.78 is 25.9. The van der Waals surface area contributed by atoms with Gasteiger partial charge in [0.1, 0.15) is 5.54 Å². The SMILES string of the molecule is CS(=O)(=O)O.C[C@H](N)C(=O)N[C@@]1(C(=O)O)CC[C@H]2[C@H](C(=O)O)[C@H]21. The molecule has 2 aliphatic carbocycles. The summed E-state index contributed by atoms with van der Waals surface area (Å²) in [6.45, 7) is 1.46. The molecule has 0 spiro atoms. The second kappa shape index (κ2) is 6.42. The first-order valence-electron chi connectivity index (χ1n) is 6.77. The zero-order valence-corrected chi connectivity index (χ0v) is 13.4. The molecule has 0 bridgehead atoms. The van der Waals surface area contributed by atoms with E-state index < -0.39 is 51.4 Å². The van der Waals surface area contributed by atoms with Crippen LogP contribution in [-0.4, -0.2) is 58.9 Å². The zero-order valence-electron chi connectivity index (χ0n) is 12.6. The van der Waals surface area contributed by atoms with E-state index in [4.69, 9.17) is 15.4 Å². The molecule has 2 fully saturated rings. The average Bonchev–Trinajstić information content (AvgIpc) is 2.97. The van der Waals surface area contributed by atoms with Gasteiger partial charge in [-0.3, -0.25) is 14.1 Å². The van der Waals surface area contributed by atoms with E-state index in [1.54, 1.807) is 0 Å². The standard InChI is InChI=1S/C11H16N2O5.CH4O3S/c1-4(12)8(14)13-11(10(17)18)3-2-5-6(7(5)11)9(15)16;1-5(2,3)4/h4-7H,2-3,12H2,1H3,(H,13,14)(H,15,16)(H,17,18);1H3,(H,2,3,4)/t4-,5-,6-,7-,11-;/m0./s1. The van der Waals surface area contributed by atoms with E-state index in [0.29, 0.717) is 12.7 Å². The quantitative estimate of drug-likeness (QED) is 0.376. The molecular weight excluding hydrogens is 332 g/mol. The molecule has 0 aromatic carbocycles. The molecule has 5 atom stereocenters. The fraction of sp³-hybridized carbons (Fsp3) is 0.750. The van der Waals surface area contributed by atoms with Gasteiger partial charge in [-0.1, -0.05) is 0 Å². The van der Waals surface area contributed by atoms with Crippen LogP contribution in [0.15, 0.2) is 0 Å². The van der Waals surface area contributed by atoms with Gasteiger partial charge in [0.2, 0.25) is 5.91 Å². The van der Waals surface area contributed by atoms with Gasteiger partial charge in [-0.25, -0.2) is 4.79 Å². The number of rotatable bonds is 4. The summed E-state index contributed by atoms with van der Waals surface area (Å²) in [7, 11) is -3.67. The fourth-order valence-electron chi connectivity index (χ4n) is 3.09. The maximum atomic E-state index is 11.6. The molecule has 2 saturated carbocycles. The van der Waals surface area contributed by atoms with Crippen molar-refractivity contribution in [2.75, 3.05) is 6.26 Å². The summed E-state index contributed by atoms with van der Waals surface area (Å²) in [6, 6.07) is -0.817. The van der Waals surface area contributed by atoms with Crippen LogP contribution in [-0.2, 0) is 24.5 Å². The van der Waals surface area contributed by atoms with Crippen molar-refractivity contribution in [3.05, 3.63) is 0 Å². The first-order valence-corrected chi connectivity index (χ1v) is 8.62. The van der Waals surface area contributed by atoms with E-state index >= 15 is 0 Å². The van der Waals surface area contributed by atoms with Gasteiger partial charge in [0.05, 0.1) is 18.2 Å². The Hall–Kier alpha value is -1.72. The first kappa shape index (κ1) is 19.3. The predicted molar refractivity (Wildman–Crippen MR) is 77.0 cm³/mol. The van der Waals surface area contributed by atoms with Crippen molar-refractivity contribution in [2.45, 2.75) is 31.3 Å². The Morgan fingerprint density at radius 2 is 1.78 bits per heavy atom. The van der Waals surface area contributed by atoms with E-state index in [1.807, 2.05) is 0 Å². The highest BCUT2D eigenvalue weighted by Gasteiger charge is 2.72. The van der Waals surface area contributed by atoms with Crippen LogP contribution in [0.1, 0.15) is 19.8 Å². The lowest BCUT2D eigenvalue weighted by Gasteiger charge is -2.29. The lowest BCUT2D eigenvalue weighted by molar-refractivity contribution is -0.150. The molecule has 0 unspecified atom stereocenters. The monoisotopic (exact) mass is 352 g/mol. The number of carboxylic acid groups (broad SMARTS) is 2. The minimum absolute atomic E-state index is 0.146. The molecular formula is C12H20N2O8S. The number of amides is 1. The highest BCUT2D eigenvalue weighted by atomic mass is 32.2. The van der Waals surface area contributed by atoms with E-state index in [9.17, 15) is 27.9 Å². The van der Waals surface area contributed by atoms with Crippen LogP contribution in [0.25, 0.3) is 0 Å². The second-order valence-electron chi connectivity index (χ2n) is 5.88. The summed E-state index contributed by atoms with van der Waals surface area (Å²) in [6.07, 6.45) is 1.49. The van der Waals surface area contributed by atoms with Crippen molar-refractivity contribution in [3.63, 3.8) is 0 Å². The highest BCUT2D eigenvalue weighted by Crippen LogP contribution is 2.62. The molecule has 2 aliphatic rings. The maximum absolute atomic E-state index is 11.6. The van der Waals surface area contributed by atoms with Gasteiger partial charge >= 0.3 is 11.9 Å². The van der Waals surface area contributed by atoms with E-state index in [2.05, 4.69) is 5.32 Å². The van der Waals surface area contributed by atoms with Crippen molar-refractivity contribution in [2.24, 2.45) is 23.5 Å². The number of carbonyl (C=O) groups excluding carboxylic acids is 1. The van der Waals surface area contributed by atoms with Crippen LogP contribution in [0.5, 0.6) is 0 Å². The summed E-state index contributed by atoms with van der Waals surface area (Å²) in [5.41, 5.74) is 3.95. The zero-order chi connectivity index (χ0) is 18.2. The first-order chi connectivity index (χ1) is 10.3. The van der Waals surface area contributed by atoms with Gasteiger partial charge < -0.3 is 21.3 Å².